The largest absolute Gasteiger partial charge is 0.462 e. The standard InChI is InChI=1S/C57H94O5/c1-4-7-10-13-16-19-22-25-27-28-29-30-32-33-35-38-41-44-47-50-56(58)61-54-55(53-60-52-49-46-43-40-37-24-21-18-15-12-9-6-3)62-57(59)51-48-45-42-39-36-34-31-26-23-20-17-14-11-8-5-2/h7-8,10-11,15-20,25-27,29-31,36,39,55H,4-6,9,12-14,21-24,28,32-35,37-38,40-54H2,1-3H3/b10-7-,11-8-,18-15-,19-16-,20-17-,27-25-,30-29-,31-26-,39-36-. The minimum atomic E-state index is -0.573. The molecule has 0 aliphatic heterocycles. The predicted molar refractivity (Wildman–Crippen MR) is 269 cm³/mol. The molecule has 0 aliphatic carbocycles. The fourth-order valence-corrected chi connectivity index (χ4v) is 6.53. The van der Waals surface area contributed by atoms with Gasteiger partial charge in [-0.3, -0.25) is 9.59 Å². The molecular weight excluding hydrogens is 765 g/mol. The van der Waals surface area contributed by atoms with E-state index in [0.717, 1.165) is 109 Å². The van der Waals surface area contributed by atoms with Gasteiger partial charge in [-0.2, -0.15) is 0 Å². The van der Waals surface area contributed by atoms with E-state index in [4.69, 9.17) is 14.2 Å². The number of unbranched alkanes of at least 4 members (excludes halogenated alkanes) is 16. The highest BCUT2D eigenvalue weighted by atomic mass is 16.6. The van der Waals surface area contributed by atoms with Crippen molar-refractivity contribution in [2.24, 2.45) is 0 Å². The number of rotatable bonds is 45. The van der Waals surface area contributed by atoms with Crippen LogP contribution >= 0.6 is 0 Å². The Balaban J connectivity index is 4.36. The molecule has 0 rings (SSSR count). The fourth-order valence-electron chi connectivity index (χ4n) is 6.53. The number of hydrogen-bond acceptors (Lipinski definition) is 5. The van der Waals surface area contributed by atoms with Gasteiger partial charge >= 0.3 is 11.9 Å². The summed E-state index contributed by atoms with van der Waals surface area (Å²) >= 11 is 0. The van der Waals surface area contributed by atoms with Gasteiger partial charge in [-0.1, -0.05) is 194 Å². The summed E-state index contributed by atoms with van der Waals surface area (Å²) in [5.74, 6) is -0.471. The monoisotopic (exact) mass is 859 g/mol. The molecule has 0 aromatic carbocycles. The van der Waals surface area contributed by atoms with E-state index in [9.17, 15) is 9.59 Å². The lowest BCUT2D eigenvalue weighted by Gasteiger charge is -2.18. The van der Waals surface area contributed by atoms with E-state index < -0.39 is 6.10 Å². The number of carbonyl (C=O) groups is 2. The van der Waals surface area contributed by atoms with Gasteiger partial charge in [0.15, 0.2) is 6.10 Å². The van der Waals surface area contributed by atoms with Crippen molar-refractivity contribution in [3.63, 3.8) is 0 Å². The summed E-state index contributed by atoms with van der Waals surface area (Å²) in [5.41, 5.74) is 0. The lowest BCUT2D eigenvalue weighted by atomic mass is 10.1. The van der Waals surface area contributed by atoms with Crippen LogP contribution in [0.25, 0.3) is 0 Å². The average molecular weight is 859 g/mol. The average Bonchev–Trinajstić information content (AvgIpc) is 3.27. The topological polar surface area (TPSA) is 61.8 Å². The van der Waals surface area contributed by atoms with Crippen molar-refractivity contribution in [1.29, 1.82) is 0 Å². The first-order valence-electron chi connectivity index (χ1n) is 25.4. The summed E-state index contributed by atoms with van der Waals surface area (Å²) in [6.07, 6.45) is 70.9. The Morgan fingerprint density at radius 1 is 0.371 bits per heavy atom. The zero-order valence-electron chi connectivity index (χ0n) is 40.3. The van der Waals surface area contributed by atoms with Gasteiger partial charge in [-0.15, -0.1) is 0 Å². The Hall–Kier alpha value is -3.44. The molecular formula is C57H94O5. The van der Waals surface area contributed by atoms with Crippen molar-refractivity contribution in [2.75, 3.05) is 19.8 Å². The molecule has 0 saturated carbocycles. The summed E-state index contributed by atoms with van der Waals surface area (Å²) in [7, 11) is 0. The quantitative estimate of drug-likeness (QED) is 0.0347. The van der Waals surface area contributed by atoms with Crippen LogP contribution in [0, 0.1) is 0 Å². The SMILES string of the molecule is CC/C=C\C/C=C\C/C=C\C/C=C\CCCCCCCCC(=O)OCC(COCCCCCCCC/C=C\CCCC)OC(=O)CCCC/C=C\C/C=C\C/C=C\C/C=C\CC. The van der Waals surface area contributed by atoms with E-state index in [2.05, 4.69) is 130 Å². The van der Waals surface area contributed by atoms with Crippen LogP contribution in [-0.2, 0) is 23.8 Å². The van der Waals surface area contributed by atoms with Crippen LogP contribution in [0.15, 0.2) is 109 Å². The molecule has 0 heterocycles. The van der Waals surface area contributed by atoms with Gasteiger partial charge < -0.3 is 14.2 Å². The first kappa shape index (κ1) is 58.6. The van der Waals surface area contributed by atoms with Gasteiger partial charge in [0, 0.05) is 19.4 Å². The number of ether oxygens (including phenoxy) is 3. The van der Waals surface area contributed by atoms with Crippen LogP contribution in [0.4, 0.5) is 0 Å². The number of allylic oxidation sites excluding steroid dienone is 18. The van der Waals surface area contributed by atoms with Gasteiger partial charge in [0.1, 0.15) is 6.61 Å². The molecule has 0 aromatic rings. The van der Waals surface area contributed by atoms with E-state index in [0.29, 0.717) is 19.4 Å². The third kappa shape index (κ3) is 49.2. The fraction of sp³-hybridized carbons (Fsp3) is 0.649. The lowest BCUT2D eigenvalue weighted by Crippen LogP contribution is -2.30. The van der Waals surface area contributed by atoms with Crippen LogP contribution < -0.4 is 0 Å². The zero-order chi connectivity index (χ0) is 44.9. The van der Waals surface area contributed by atoms with E-state index in [1.165, 1.54) is 70.6 Å². The van der Waals surface area contributed by atoms with Crippen molar-refractivity contribution < 1.29 is 23.8 Å². The Kier molecular flexibility index (Phi) is 49.0. The summed E-state index contributed by atoms with van der Waals surface area (Å²) in [5, 5.41) is 0. The third-order valence-corrected chi connectivity index (χ3v) is 10.3. The molecule has 0 saturated heterocycles. The smallest absolute Gasteiger partial charge is 0.306 e. The van der Waals surface area contributed by atoms with Crippen molar-refractivity contribution in [3.8, 4) is 0 Å². The van der Waals surface area contributed by atoms with Crippen molar-refractivity contribution in [1.82, 2.24) is 0 Å². The number of hydrogen-bond donors (Lipinski definition) is 0. The van der Waals surface area contributed by atoms with Crippen molar-refractivity contribution in [3.05, 3.63) is 109 Å². The summed E-state index contributed by atoms with van der Waals surface area (Å²) in [6.45, 7) is 7.48. The van der Waals surface area contributed by atoms with Crippen LogP contribution in [-0.4, -0.2) is 37.9 Å². The van der Waals surface area contributed by atoms with Crippen molar-refractivity contribution in [2.45, 2.75) is 219 Å². The molecule has 0 radical (unpaired) electrons. The number of carbonyl (C=O) groups excluding carboxylic acids is 2. The molecule has 352 valence electrons. The molecule has 0 fully saturated rings. The lowest BCUT2D eigenvalue weighted by molar-refractivity contribution is -0.163. The van der Waals surface area contributed by atoms with Gasteiger partial charge in [-0.25, -0.2) is 0 Å². The molecule has 1 unspecified atom stereocenters. The molecule has 1 atom stereocenters. The van der Waals surface area contributed by atoms with E-state index in [1.54, 1.807) is 0 Å². The van der Waals surface area contributed by atoms with Crippen molar-refractivity contribution >= 4 is 11.9 Å². The van der Waals surface area contributed by atoms with Gasteiger partial charge in [0.25, 0.3) is 0 Å². The maximum Gasteiger partial charge on any atom is 0.306 e. The Morgan fingerprint density at radius 3 is 1.21 bits per heavy atom. The van der Waals surface area contributed by atoms with E-state index in [1.807, 2.05) is 0 Å². The van der Waals surface area contributed by atoms with E-state index in [-0.39, 0.29) is 25.2 Å². The summed E-state index contributed by atoms with van der Waals surface area (Å²) in [4.78, 5) is 25.4. The molecule has 0 spiro atoms. The Labute approximate surface area is 383 Å². The maximum atomic E-state index is 12.8. The predicted octanol–water partition coefficient (Wildman–Crippen LogP) is 17.2. The highest BCUT2D eigenvalue weighted by molar-refractivity contribution is 5.70. The minimum absolute atomic E-state index is 0.0523. The number of esters is 2. The second-order valence-electron chi connectivity index (χ2n) is 16.3. The van der Waals surface area contributed by atoms with Crippen LogP contribution in [0.5, 0.6) is 0 Å². The molecule has 0 amide bonds. The molecule has 0 N–H and O–H groups in total. The summed E-state index contributed by atoms with van der Waals surface area (Å²) < 4.78 is 17.3. The van der Waals surface area contributed by atoms with Crippen LogP contribution in [0.3, 0.4) is 0 Å². The minimum Gasteiger partial charge on any atom is -0.462 e. The molecule has 0 aromatic heterocycles. The highest BCUT2D eigenvalue weighted by Crippen LogP contribution is 2.12. The maximum absolute atomic E-state index is 12.8. The molecule has 5 nitrogen and oxygen atoms in total. The van der Waals surface area contributed by atoms with E-state index >= 15 is 0 Å². The second kappa shape index (κ2) is 51.9. The first-order chi connectivity index (χ1) is 30.6. The van der Waals surface area contributed by atoms with Gasteiger partial charge in [0.2, 0.25) is 0 Å². The Bertz CT molecular complexity index is 1250. The van der Waals surface area contributed by atoms with Crippen LogP contribution in [0.2, 0.25) is 0 Å². The highest BCUT2D eigenvalue weighted by Gasteiger charge is 2.17. The van der Waals surface area contributed by atoms with Gasteiger partial charge in [-0.05, 0) is 116 Å². The molecule has 0 aliphatic rings. The second-order valence-corrected chi connectivity index (χ2v) is 16.3. The summed E-state index contributed by atoms with van der Waals surface area (Å²) in [6, 6.07) is 0. The first-order valence-corrected chi connectivity index (χ1v) is 25.4. The zero-order valence-corrected chi connectivity index (χ0v) is 40.3. The van der Waals surface area contributed by atoms with Gasteiger partial charge in [0.05, 0.1) is 6.61 Å². The molecule has 62 heavy (non-hydrogen) atoms. The van der Waals surface area contributed by atoms with Crippen LogP contribution in [0.1, 0.15) is 213 Å². The third-order valence-electron chi connectivity index (χ3n) is 10.3. The normalized spacial score (nSPS) is 13.1. The molecule has 5 heteroatoms. The Morgan fingerprint density at radius 2 is 0.726 bits per heavy atom. The molecule has 0 bridgehead atoms.